The Labute approximate surface area is 132 Å². The van der Waals surface area contributed by atoms with Gasteiger partial charge in [-0.05, 0) is 47.0 Å². The molecule has 0 aliphatic carbocycles. The van der Waals surface area contributed by atoms with Crippen LogP contribution in [-0.4, -0.2) is 36.0 Å². The van der Waals surface area contributed by atoms with Crippen molar-refractivity contribution in [2.45, 2.75) is 12.8 Å². The molecule has 1 amide bonds. The largest absolute Gasteiger partial charge is 0.497 e. The average molecular weight is 357 g/mol. The van der Waals surface area contributed by atoms with Crippen LogP contribution in [0.5, 0.6) is 5.75 Å². The first kappa shape index (κ1) is 15.3. The number of methoxy groups -OCH3 is 1. The van der Waals surface area contributed by atoms with Crippen LogP contribution in [0.2, 0.25) is 0 Å². The van der Waals surface area contributed by atoms with Gasteiger partial charge in [0.05, 0.1) is 17.7 Å². The Kier molecular flexibility index (Phi) is 4.99. The van der Waals surface area contributed by atoms with Crippen molar-refractivity contribution < 1.29 is 9.53 Å². The molecule has 1 aromatic rings. The van der Waals surface area contributed by atoms with Crippen LogP contribution in [0.4, 0.5) is 0 Å². The smallest absolute Gasteiger partial charge is 0.255 e. The molecule has 108 valence electrons. The highest BCUT2D eigenvalue weighted by molar-refractivity contribution is 9.10. The maximum absolute atomic E-state index is 12.6. The summed E-state index contributed by atoms with van der Waals surface area (Å²) in [5.74, 6) is 0.767. The molecule has 0 spiro atoms. The van der Waals surface area contributed by atoms with Crippen LogP contribution in [0.3, 0.4) is 0 Å². The molecule has 0 aromatic heterocycles. The van der Waals surface area contributed by atoms with Crippen molar-refractivity contribution in [2.75, 3.05) is 20.2 Å². The molecule has 0 bridgehead atoms. The van der Waals surface area contributed by atoms with E-state index >= 15 is 0 Å². The first-order valence-electron chi connectivity index (χ1n) is 6.45. The quantitative estimate of drug-likeness (QED) is 0.845. The number of piperidine rings is 1. The molecule has 1 unspecified atom stereocenters. The third-order valence-electron chi connectivity index (χ3n) is 3.51. The van der Waals surface area contributed by atoms with Crippen LogP contribution in [0.15, 0.2) is 22.7 Å². The second-order valence-electron chi connectivity index (χ2n) is 4.84. The molecule has 2 N–H and O–H groups in total. The second-order valence-corrected chi connectivity index (χ2v) is 6.16. The van der Waals surface area contributed by atoms with Crippen LogP contribution in [0.1, 0.15) is 23.2 Å². The minimum absolute atomic E-state index is 0.0169. The number of ether oxygens (including phenoxy) is 1. The van der Waals surface area contributed by atoms with Crippen molar-refractivity contribution in [3.05, 3.63) is 28.2 Å². The number of nitrogens with two attached hydrogens (primary N) is 1. The van der Waals surface area contributed by atoms with E-state index in [1.165, 1.54) is 0 Å². The summed E-state index contributed by atoms with van der Waals surface area (Å²) in [7, 11) is 1.58. The zero-order valence-corrected chi connectivity index (χ0v) is 13.7. The number of benzene rings is 1. The van der Waals surface area contributed by atoms with E-state index in [0.29, 0.717) is 22.8 Å². The summed E-state index contributed by atoms with van der Waals surface area (Å²) in [6.07, 6.45) is 1.88. The number of halogens is 1. The first-order valence-corrected chi connectivity index (χ1v) is 7.65. The summed E-state index contributed by atoms with van der Waals surface area (Å²) in [6, 6.07) is 5.38. The number of carbonyl (C=O) groups excluding carboxylic acids is 1. The molecule has 0 saturated carbocycles. The third kappa shape index (κ3) is 3.30. The molecule has 1 atom stereocenters. The standard InChI is InChI=1S/C14H17BrN2O2S/c1-19-10-4-5-12(15)11(7-10)14(18)17-6-2-3-9(8-17)13(16)20/h4-5,7,9H,2-3,6,8H2,1H3,(H2,16,20). The molecular formula is C14H17BrN2O2S. The molecule has 1 saturated heterocycles. The predicted octanol–water partition coefficient (Wildman–Crippen LogP) is 2.60. The number of amides is 1. The van der Waals surface area contributed by atoms with Crippen LogP contribution >= 0.6 is 28.1 Å². The van der Waals surface area contributed by atoms with Gasteiger partial charge in [-0.3, -0.25) is 4.79 Å². The molecule has 1 aromatic carbocycles. The lowest BCUT2D eigenvalue weighted by Gasteiger charge is -2.32. The van der Waals surface area contributed by atoms with Gasteiger partial charge in [0.2, 0.25) is 0 Å². The Morgan fingerprint density at radius 1 is 1.55 bits per heavy atom. The van der Waals surface area contributed by atoms with Gasteiger partial charge in [-0.1, -0.05) is 12.2 Å². The average Bonchev–Trinajstić information content (AvgIpc) is 2.47. The van der Waals surface area contributed by atoms with Gasteiger partial charge in [0.15, 0.2) is 0 Å². The number of hydrogen-bond donors (Lipinski definition) is 1. The summed E-state index contributed by atoms with van der Waals surface area (Å²) in [5, 5.41) is 0. The molecule has 0 radical (unpaired) electrons. The monoisotopic (exact) mass is 356 g/mol. The number of nitrogens with zero attached hydrogens (tertiary/aromatic N) is 1. The van der Waals surface area contributed by atoms with Gasteiger partial charge in [0.1, 0.15) is 5.75 Å². The highest BCUT2D eigenvalue weighted by atomic mass is 79.9. The van der Waals surface area contributed by atoms with E-state index in [1.807, 2.05) is 17.0 Å². The lowest BCUT2D eigenvalue weighted by molar-refractivity contribution is 0.0702. The molecule has 20 heavy (non-hydrogen) atoms. The van der Waals surface area contributed by atoms with Crippen molar-refractivity contribution in [1.82, 2.24) is 4.90 Å². The van der Waals surface area contributed by atoms with Gasteiger partial charge in [-0.15, -0.1) is 0 Å². The topological polar surface area (TPSA) is 55.6 Å². The van der Waals surface area contributed by atoms with E-state index < -0.39 is 0 Å². The van der Waals surface area contributed by atoms with Gasteiger partial charge in [0.25, 0.3) is 5.91 Å². The maximum Gasteiger partial charge on any atom is 0.255 e. The number of likely N-dealkylation sites (tertiary alicyclic amines) is 1. The normalized spacial score (nSPS) is 18.7. The minimum Gasteiger partial charge on any atom is -0.497 e. The minimum atomic E-state index is -0.0169. The Bertz CT molecular complexity index is 536. The van der Waals surface area contributed by atoms with Gasteiger partial charge in [0, 0.05) is 23.5 Å². The second kappa shape index (κ2) is 6.54. The molecular weight excluding hydrogens is 340 g/mol. The van der Waals surface area contributed by atoms with E-state index in [-0.39, 0.29) is 11.8 Å². The lowest BCUT2D eigenvalue weighted by atomic mass is 9.97. The molecule has 2 rings (SSSR count). The van der Waals surface area contributed by atoms with Crippen molar-refractivity contribution in [2.24, 2.45) is 11.7 Å². The number of thiocarbonyl (C=S) groups is 1. The highest BCUT2D eigenvalue weighted by Crippen LogP contribution is 2.26. The third-order valence-corrected chi connectivity index (χ3v) is 4.54. The highest BCUT2D eigenvalue weighted by Gasteiger charge is 2.27. The number of rotatable bonds is 3. The Morgan fingerprint density at radius 2 is 2.30 bits per heavy atom. The predicted molar refractivity (Wildman–Crippen MR) is 86.1 cm³/mol. The molecule has 4 nitrogen and oxygen atoms in total. The van der Waals surface area contributed by atoms with Crippen LogP contribution in [-0.2, 0) is 0 Å². The summed E-state index contributed by atoms with van der Waals surface area (Å²) >= 11 is 8.46. The van der Waals surface area contributed by atoms with Crippen molar-refractivity contribution in [3.63, 3.8) is 0 Å². The fraction of sp³-hybridized carbons (Fsp3) is 0.429. The van der Waals surface area contributed by atoms with E-state index in [9.17, 15) is 4.79 Å². The molecule has 1 heterocycles. The lowest BCUT2D eigenvalue weighted by Crippen LogP contribution is -2.43. The van der Waals surface area contributed by atoms with Crippen LogP contribution < -0.4 is 10.5 Å². The van der Waals surface area contributed by atoms with Gasteiger partial charge < -0.3 is 15.4 Å². The molecule has 1 fully saturated rings. The van der Waals surface area contributed by atoms with E-state index in [0.717, 1.165) is 23.9 Å². The van der Waals surface area contributed by atoms with E-state index in [1.54, 1.807) is 13.2 Å². The van der Waals surface area contributed by atoms with Crippen molar-refractivity contribution >= 4 is 39.0 Å². The maximum atomic E-state index is 12.6. The summed E-state index contributed by atoms with van der Waals surface area (Å²) in [6.45, 7) is 1.33. The molecule has 1 aliphatic rings. The summed E-state index contributed by atoms with van der Waals surface area (Å²) in [5.41, 5.74) is 6.31. The Morgan fingerprint density at radius 3 is 2.95 bits per heavy atom. The fourth-order valence-corrected chi connectivity index (χ4v) is 2.97. The Balaban J connectivity index is 2.20. The number of hydrogen-bond acceptors (Lipinski definition) is 3. The van der Waals surface area contributed by atoms with E-state index in [4.69, 9.17) is 22.7 Å². The SMILES string of the molecule is COc1ccc(Br)c(C(=O)N2CCCC(C(N)=S)C2)c1. The van der Waals surface area contributed by atoms with E-state index in [2.05, 4.69) is 15.9 Å². The Hall–Kier alpha value is -1.14. The first-order chi connectivity index (χ1) is 9.52. The fourth-order valence-electron chi connectivity index (χ4n) is 2.36. The van der Waals surface area contributed by atoms with Gasteiger partial charge >= 0.3 is 0 Å². The number of carbonyl (C=O) groups is 1. The molecule has 1 aliphatic heterocycles. The molecule has 6 heteroatoms. The zero-order valence-electron chi connectivity index (χ0n) is 11.3. The summed E-state index contributed by atoms with van der Waals surface area (Å²) in [4.78, 5) is 14.9. The van der Waals surface area contributed by atoms with Crippen molar-refractivity contribution in [3.8, 4) is 5.75 Å². The van der Waals surface area contributed by atoms with Crippen LogP contribution in [0, 0.1) is 5.92 Å². The summed E-state index contributed by atoms with van der Waals surface area (Å²) < 4.78 is 5.94. The van der Waals surface area contributed by atoms with Gasteiger partial charge in [-0.25, -0.2) is 0 Å². The van der Waals surface area contributed by atoms with Crippen molar-refractivity contribution in [1.29, 1.82) is 0 Å². The van der Waals surface area contributed by atoms with Gasteiger partial charge in [-0.2, -0.15) is 0 Å². The zero-order chi connectivity index (χ0) is 14.7. The van der Waals surface area contributed by atoms with Crippen LogP contribution in [0.25, 0.3) is 0 Å².